The van der Waals surface area contributed by atoms with Gasteiger partial charge in [-0.3, -0.25) is 4.90 Å². The van der Waals surface area contributed by atoms with Crippen LogP contribution in [0.25, 0.3) is 0 Å². The van der Waals surface area contributed by atoms with Gasteiger partial charge in [0.2, 0.25) is 0 Å². The molecule has 0 aromatic heterocycles. The van der Waals surface area contributed by atoms with E-state index in [-0.39, 0.29) is 11.5 Å². The van der Waals surface area contributed by atoms with Crippen molar-refractivity contribution in [2.75, 3.05) is 13.2 Å². The van der Waals surface area contributed by atoms with Crippen molar-refractivity contribution in [1.82, 2.24) is 4.90 Å². The van der Waals surface area contributed by atoms with Crippen LogP contribution in [-0.4, -0.2) is 37.9 Å². The Morgan fingerprint density at radius 2 is 1.94 bits per heavy atom. The number of sulfone groups is 1. The van der Waals surface area contributed by atoms with Crippen LogP contribution < -0.4 is 0 Å². The lowest BCUT2D eigenvalue weighted by atomic mass is 10.4. The van der Waals surface area contributed by atoms with E-state index in [4.69, 9.17) is 4.74 Å². The van der Waals surface area contributed by atoms with Crippen molar-refractivity contribution in [2.24, 2.45) is 0 Å². The minimum atomic E-state index is -3.53. The first-order valence-corrected chi connectivity index (χ1v) is 6.80. The van der Waals surface area contributed by atoms with Crippen molar-refractivity contribution in [2.45, 2.75) is 17.2 Å². The van der Waals surface area contributed by atoms with Gasteiger partial charge in [-0.1, -0.05) is 18.2 Å². The van der Waals surface area contributed by atoms with Crippen LogP contribution in [0.4, 0.5) is 4.79 Å². The van der Waals surface area contributed by atoms with Crippen molar-refractivity contribution in [3.05, 3.63) is 30.3 Å². The Kier molecular flexibility index (Phi) is 3.06. The Hall–Kier alpha value is -1.56. The quantitative estimate of drug-likeness (QED) is 0.815. The highest BCUT2D eigenvalue weighted by Gasteiger charge is 2.35. The maximum Gasteiger partial charge on any atom is 0.411 e. The monoisotopic (exact) mass is 255 g/mol. The minimum Gasteiger partial charge on any atom is -0.447 e. The van der Waals surface area contributed by atoms with Crippen molar-refractivity contribution in [3.8, 4) is 0 Å². The molecule has 1 fully saturated rings. The molecule has 1 aromatic carbocycles. The zero-order valence-electron chi connectivity index (χ0n) is 9.37. The van der Waals surface area contributed by atoms with E-state index in [0.29, 0.717) is 6.54 Å². The average Bonchev–Trinajstić information content (AvgIpc) is 2.75. The van der Waals surface area contributed by atoms with E-state index in [1.165, 1.54) is 24.0 Å². The zero-order valence-corrected chi connectivity index (χ0v) is 10.2. The molecule has 0 spiro atoms. The van der Waals surface area contributed by atoms with Gasteiger partial charge in [0, 0.05) is 0 Å². The fraction of sp³-hybridized carbons (Fsp3) is 0.364. The summed E-state index contributed by atoms with van der Waals surface area (Å²) >= 11 is 0. The van der Waals surface area contributed by atoms with Crippen molar-refractivity contribution >= 4 is 15.9 Å². The second-order valence-electron chi connectivity index (χ2n) is 3.77. The molecule has 1 aliphatic heterocycles. The zero-order chi connectivity index (χ0) is 12.5. The van der Waals surface area contributed by atoms with E-state index >= 15 is 0 Å². The molecule has 1 amide bonds. The number of hydrogen-bond acceptors (Lipinski definition) is 4. The summed E-state index contributed by atoms with van der Waals surface area (Å²) < 4.78 is 29.2. The predicted molar refractivity (Wildman–Crippen MR) is 61.1 cm³/mol. The van der Waals surface area contributed by atoms with Gasteiger partial charge in [-0.15, -0.1) is 0 Å². The van der Waals surface area contributed by atoms with Gasteiger partial charge < -0.3 is 4.74 Å². The Labute approximate surface area is 99.9 Å². The van der Waals surface area contributed by atoms with Crippen LogP contribution in [0.2, 0.25) is 0 Å². The van der Waals surface area contributed by atoms with Crippen LogP contribution in [-0.2, 0) is 14.6 Å². The Morgan fingerprint density at radius 3 is 2.47 bits per heavy atom. The number of rotatable bonds is 3. The largest absolute Gasteiger partial charge is 0.447 e. The lowest BCUT2D eigenvalue weighted by molar-refractivity contribution is 0.156. The molecule has 0 N–H and O–H groups in total. The predicted octanol–water partition coefficient (Wildman–Crippen LogP) is 1.26. The third-order valence-electron chi connectivity index (χ3n) is 2.75. The molecule has 0 bridgehead atoms. The first-order valence-electron chi connectivity index (χ1n) is 5.26. The van der Waals surface area contributed by atoms with Crippen LogP contribution in [0.5, 0.6) is 0 Å². The average molecular weight is 255 g/mol. The Bertz CT molecular complexity index is 512. The molecule has 5 nitrogen and oxygen atoms in total. The topological polar surface area (TPSA) is 63.7 Å². The first kappa shape index (κ1) is 11.9. The number of amides is 1. The van der Waals surface area contributed by atoms with E-state index < -0.39 is 21.3 Å². The number of ether oxygens (including phenoxy) is 1. The molecule has 0 saturated carbocycles. The van der Waals surface area contributed by atoms with Gasteiger partial charge in [0.1, 0.15) is 12.0 Å². The van der Waals surface area contributed by atoms with Crippen LogP contribution in [0.3, 0.4) is 0 Å². The van der Waals surface area contributed by atoms with Crippen LogP contribution in [0, 0.1) is 0 Å². The number of hydrogen-bond donors (Lipinski definition) is 0. The van der Waals surface area contributed by atoms with Crippen molar-refractivity contribution in [3.63, 3.8) is 0 Å². The lowest BCUT2D eigenvalue weighted by Crippen LogP contribution is -2.39. The molecule has 0 unspecified atom stereocenters. The van der Waals surface area contributed by atoms with E-state index in [0.717, 1.165) is 0 Å². The minimum absolute atomic E-state index is 0.215. The Balaban J connectivity index is 2.30. The smallest absolute Gasteiger partial charge is 0.411 e. The highest BCUT2D eigenvalue weighted by molar-refractivity contribution is 7.92. The summed E-state index contributed by atoms with van der Waals surface area (Å²) in [6, 6.07) is 8.10. The molecule has 1 heterocycles. The molecule has 1 atom stereocenters. The van der Waals surface area contributed by atoms with Gasteiger partial charge in [-0.05, 0) is 19.1 Å². The summed E-state index contributed by atoms with van der Waals surface area (Å²) in [7, 11) is -3.53. The van der Waals surface area contributed by atoms with Crippen molar-refractivity contribution < 1.29 is 17.9 Å². The molecule has 0 aliphatic carbocycles. The van der Waals surface area contributed by atoms with Crippen molar-refractivity contribution in [1.29, 1.82) is 0 Å². The van der Waals surface area contributed by atoms with Gasteiger partial charge in [-0.25, -0.2) is 13.2 Å². The number of carbonyl (C=O) groups excluding carboxylic acids is 1. The summed E-state index contributed by atoms with van der Waals surface area (Å²) in [5.41, 5.74) is 0. The SMILES string of the molecule is C[C@H](N1CCOC1=O)S(=O)(=O)c1ccccc1. The molecular formula is C11H13NO4S. The number of nitrogens with zero attached hydrogens (tertiary/aromatic N) is 1. The molecule has 6 heteroatoms. The highest BCUT2D eigenvalue weighted by Crippen LogP contribution is 2.20. The second-order valence-corrected chi connectivity index (χ2v) is 6.01. The van der Waals surface area contributed by atoms with E-state index in [9.17, 15) is 13.2 Å². The normalized spacial score (nSPS) is 17.9. The summed E-state index contributed by atoms with van der Waals surface area (Å²) in [6.07, 6.45) is -0.572. The molecular weight excluding hydrogens is 242 g/mol. The number of carbonyl (C=O) groups is 1. The molecule has 1 aromatic rings. The lowest BCUT2D eigenvalue weighted by Gasteiger charge is -2.21. The maximum atomic E-state index is 12.2. The van der Waals surface area contributed by atoms with Gasteiger partial charge in [0.05, 0.1) is 11.4 Å². The van der Waals surface area contributed by atoms with E-state index in [2.05, 4.69) is 0 Å². The molecule has 1 saturated heterocycles. The second kappa shape index (κ2) is 4.37. The van der Waals surface area contributed by atoms with Crippen LogP contribution in [0.15, 0.2) is 35.2 Å². The molecule has 0 radical (unpaired) electrons. The van der Waals surface area contributed by atoms with Gasteiger partial charge in [0.25, 0.3) is 0 Å². The summed E-state index contributed by atoms with van der Waals surface area (Å²) in [6.45, 7) is 2.05. The summed E-state index contributed by atoms with van der Waals surface area (Å²) in [5, 5.41) is -0.903. The van der Waals surface area contributed by atoms with E-state index in [1.54, 1.807) is 18.2 Å². The maximum absolute atomic E-state index is 12.2. The Morgan fingerprint density at radius 1 is 1.29 bits per heavy atom. The highest BCUT2D eigenvalue weighted by atomic mass is 32.2. The standard InChI is InChI=1S/C11H13NO4S/c1-9(12-7-8-16-11(12)13)17(14,15)10-5-3-2-4-6-10/h2-6,9H,7-8H2,1H3/t9-/m1/s1. The summed E-state index contributed by atoms with van der Waals surface area (Å²) in [4.78, 5) is 12.8. The molecule has 2 rings (SSSR count). The molecule has 1 aliphatic rings. The number of cyclic esters (lactones) is 1. The van der Waals surface area contributed by atoms with Gasteiger partial charge in [0.15, 0.2) is 9.84 Å². The molecule has 17 heavy (non-hydrogen) atoms. The summed E-state index contributed by atoms with van der Waals surface area (Å²) in [5.74, 6) is 0. The third-order valence-corrected chi connectivity index (χ3v) is 4.83. The fourth-order valence-corrected chi connectivity index (χ4v) is 3.17. The third kappa shape index (κ3) is 2.12. The van der Waals surface area contributed by atoms with Gasteiger partial charge >= 0.3 is 6.09 Å². The van der Waals surface area contributed by atoms with Gasteiger partial charge in [-0.2, -0.15) is 0 Å². The van der Waals surface area contributed by atoms with Crippen LogP contribution >= 0.6 is 0 Å². The number of benzene rings is 1. The van der Waals surface area contributed by atoms with E-state index in [1.807, 2.05) is 0 Å². The fourth-order valence-electron chi connectivity index (χ4n) is 1.71. The van der Waals surface area contributed by atoms with Crippen LogP contribution in [0.1, 0.15) is 6.92 Å². The first-order chi connectivity index (χ1) is 8.03. The molecule has 92 valence electrons.